The van der Waals surface area contributed by atoms with Gasteiger partial charge in [-0.3, -0.25) is 19.0 Å². The lowest BCUT2D eigenvalue weighted by atomic mass is 9.97. The Labute approximate surface area is 182 Å². The molecule has 2 aromatic heterocycles. The summed E-state index contributed by atoms with van der Waals surface area (Å²) in [5, 5.41) is 6.41. The summed E-state index contributed by atoms with van der Waals surface area (Å²) in [5.74, 6) is -0.464. The van der Waals surface area contributed by atoms with Gasteiger partial charge in [0, 0.05) is 30.5 Å². The molecule has 0 saturated heterocycles. The van der Waals surface area contributed by atoms with Gasteiger partial charge >= 0.3 is 0 Å². The van der Waals surface area contributed by atoms with Gasteiger partial charge in [-0.2, -0.15) is 0 Å². The summed E-state index contributed by atoms with van der Waals surface area (Å²) in [7, 11) is 0. The molecule has 0 atom stereocenters. The van der Waals surface area contributed by atoms with Gasteiger partial charge in [0.15, 0.2) is 0 Å². The lowest BCUT2D eigenvalue weighted by Crippen LogP contribution is -2.24. The van der Waals surface area contributed by atoms with Crippen LogP contribution < -0.4 is 16.2 Å². The number of benzene rings is 1. The van der Waals surface area contributed by atoms with Crippen LogP contribution in [0.5, 0.6) is 0 Å². The first-order valence-electron chi connectivity index (χ1n) is 9.79. The standard InChI is InChI=1S/C21H21ClN4O3S/c1-12(27)24-13-6-7-16(15(22)10-13)25-18(28)8-9-26-11-23-20-19(21(26)29)14-4-2-3-5-17(14)30-20/h6-7,10-11H,2-5,8-9H2,1H3,(H,24,27)(H,25,28). The number of aromatic nitrogens is 2. The number of thiophene rings is 1. The van der Waals surface area contributed by atoms with E-state index in [2.05, 4.69) is 15.6 Å². The first kappa shape index (κ1) is 20.6. The molecule has 0 bridgehead atoms. The number of carbonyl (C=O) groups is 2. The lowest BCUT2D eigenvalue weighted by Gasteiger charge is -2.11. The second-order valence-electron chi connectivity index (χ2n) is 7.31. The summed E-state index contributed by atoms with van der Waals surface area (Å²) < 4.78 is 1.50. The predicted octanol–water partition coefficient (Wildman–Crippen LogP) is 3.98. The quantitative estimate of drug-likeness (QED) is 0.622. The normalized spacial score (nSPS) is 13.1. The number of fused-ring (bicyclic) bond motifs is 3. The third-order valence-corrected chi connectivity index (χ3v) is 6.60. The Hall–Kier alpha value is -2.71. The van der Waals surface area contributed by atoms with E-state index in [-0.39, 0.29) is 30.3 Å². The van der Waals surface area contributed by atoms with E-state index in [1.54, 1.807) is 29.5 Å². The number of carbonyl (C=O) groups excluding carboxylic acids is 2. The maximum absolute atomic E-state index is 13.0. The van der Waals surface area contributed by atoms with Crippen LogP contribution in [0.25, 0.3) is 10.2 Å². The van der Waals surface area contributed by atoms with E-state index in [9.17, 15) is 14.4 Å². The first-order valence-corrected chi connectivity index (χ1v) is 11.0. The number of hydrogen-bond donors (Lipinski definition) is 2. The van der Waals surface area contributed by atoms with Crippen molar-refractivity contribution in [3.8, 4) is 0 Å². The van der Waals surface area contributed by atoms with Crippen LogP contribution in [0.1, 0.15) is 36.6 Å². The van der Waals surface area contributed by atoms with Crippen molar-refractivity contribution in [1.82, 2.24) is 9.55 Å². The molecule has 0 saturated carbocycles. The molecule has 0 fully saturated rings. The topological polar surface area (TPSA) is 93.1 Å². The fourth-order valence-electron chi connectivity index (χ4n) is 3.67. The van der Waals surface area contributed by atoms with Gasteiger partial charge in [-0.1, -0.05) is 11.6 Å². The summed E-state index contributed by atoms with van der Waals surface area (Å²) in [5.41, 5.74) is 2.06. The smallest absolute Gasteiger partial charge is 0.262 e. The Morgan fingerprint density at radius 2 is 2.03 bits per heavy atom. The minimum absolute atomic E-state index is 0.0788. The monoisotopic (exact) mass is 444 g/mol. The molecule has 3 aromatic rings. The molecule has 1 aliphatic carbocycles. The summed E-state index contributed by atoms with van der Waals surface area (Å²) in [6, 6.07) is 4.86. The molecule has 1 aliphatic rings. The van der Waals surface area contributed by atoms with Gasteiger partial charge in [-0.15, -0.1) is 11.3 Å². The summed E-state index contributed by atoms with van der Waals surface area (Å²) in [6.45, 7) is 1.64. The second-order valence-corrected chi connectivity index (χ2v) is 8.80. The maximum atomic E-state index is 13.0. The number of rotatable bonds is 5. The van der Waals surface area contributed by atoms with Crippen LogP contribution in [0.4, 0.5) is 11.4 Å². The molecule has 0 spiro atoms. The molecule has 2 N–H and O–H groups in total. The molecule has 0 unspecified atom stereocenters. The lowest BCUT2D eigenvalue weighted by molar-refractivity contribution is -0.116. The molecular formula is C21H21ClN4O3S. The zero-order chi connectivity index (χ0) is 21.3. The molecule has 4 rings (SSSR count). The first-order chi connectivity index (χ1) is 14.4. The highest BCUT2D eigenvalue weighted by Crippen LogP contribution is 2.33. The average molecular weight is 445 g/mol. The third kappa shape index (κ3) is 4.24. The Morgan fingerprint density at radius 3 is 2.80 bits per heavy atom. The molecule has 30 heavy (non-hydrogen) atoms. The summed E-state index contributed by atoms with van der Waals surface area (Å²) in [4.78, 5) is 43.0. The molecule has 9 heteroatoms. The molecule has 2 heterocycles. The highest BCUT2D eigenvalue weighted by molar-refractivity contribution is 7.18. The van der Waals surface area contributed by atoms with Crippen molar-refractivity contribution in [2.45, 2.75) is 45.6 Å². The highest BCUT2D eigenvalue weighted by Gasteiger charge is 2.20. The molecule has 156 valence electrons. The number of aryl methyl sites for hydroxylation is 3. The summed E-state index contributed by atoms with van der Waals surface area (Å²) >= 11 is 7.80. The van der Waals surface area contributed by atoms with E-state index in [1.165, 1.54) is 22.7 Å². The van der Waals surface area contributed by atoms with Crippen molar-refractivity contribution in [1.29, 1.82) is 0 Å². The fourth-order valence-corrected chi connectivity index (χ4v) is 5.12. The Morgan fingerprint density at radius 1 is 1.23 bits per heavy atom. The number of anilines is 2. The summed E-state index contributed by atoms with van der Waals surface area (Å²) in [6.07, 6.45) is 5.82. The number of hydrogen-bond acceptors (Lipinski definition) is 5. The average Bonchev–Trinajstić information content (AvgIpc) is 3.08. The Balaban J connectivity index is 1.45. The van der Waals surface area contributed by atoms with Crippen LogP contribution in [0.15, 0.2) is 29.3 Å². The minimum atomic E-state index is -0.261. The SMILES string of the molecule is CC(=O)Nc1ccc(NC(=O)CCn2cnc3sc4c(c3c2=O)CCCC4)c(Cl)c1. The zero-order valence-corrected chi connectivity index (χ0v) is 18.0. The van der Waals surface area contributed by atoms with Crippen molar-refractivity contribution in [2.75, 3.05) is 10.6 Å². The molecular weight excluding hydrogens is 424 g/mol. The van der Waals surface area contributed by atoms with Crippen LogP contribution in [0, 0.1) is 0 Å². The van der Waals surface area contributed by atoms with Gasteiger partial charge in [-0.05, 0) is 49.4 Å². The van der Waals surface area contributed by atoms with E-state index in [1.807, 2.05) is 0 Å². The van der Waals surface area contributed by atoms with Crippen LogP contribution >= 0.6 is 22.9 Å². The fraction of sp³-hybridized carbons (Fsp3) is 0.333. The van der Waals surface area contributed by atoms with Crippen molar-refractivity contribution in [3.05, 3.63) is 50.3 Å². The number of nitrogens with zero attached hydrogens (tertiary/aromatic N) is 2. The van der Waals surface area contributed by atoms with Gasteiger partial charge in [0.25, 0.3) is 5.56 Å². The van der Waals surface area contributed by atoms with Crippen LogP contribution in [0.3, 0.4) is 0 Å². The van der Waals surface area contributed by atoms with Gasteiger partial charge < -0.3 is 10.6 Å². The van der Waals surface area contributed by atoms with Crippen molar-refractivity contribution < 1.29 is 9.59 Å². The Kier molecular flexibility index (Phi) is 5.87. The van der Waals surface area contributed by atoms with Gasteiger partial charge in [0.2, 0.25) is 11.8 Å². The predicted molar refractivity (Wildman–Crippen MR) is 120 cm³/mol. The highest BCUT2D eigenvalue weighted by atomic mass is 35.5. The van der Waals surface area contributed by atoms with Crippen molar-refractivity contribution in [2.24, 2.45) is 0 Å². The molecule has 2 amide bonds. The number of amides is 2. The van der Waals surface area contributed by atoms with Gasteiger partial charge in [-0.25, -0.2) is 4.98 Å². The van der Waals surface area contributed by atoms with E-state index in [0.717, 1.165) is 36.1 Å². The van der Waals surface area contributed by atoms with E-state index in [4.69, 9.17) is 11.6 Å². The zero-order valence-electron chi connectivity index (χ0n) is 16.5. The molecule has 7 nitrogen and oxygen atoms in total. The van der Waals surface area contributed by atoms with Crippen LogP contribution in [0.2, 0.25) is 5.02 Å². The maximum Gasteiger partial charge on any atom is 0.262 e. The molecule has 1 aromatic carbocycles. The third-order valence-electron chi connectivity index (χ3n) is 5.09. The van der Waals surface area contributed by atoms with Crippen LogP contribution in [-0.4, -0.2) is 21.4 Å². The van der Waals surface area contributed by atoms with Crippen LogP contribution in [-0.2, 0) is 29.0 Å². The number of nitrogens with one attached hydrogen (secondary N) is 2. The van der Waals surface area contributed by atoms with Gasteiger partial charge in [0.1, 0.15) is 4.83 Å². The molecule has 0 radical (unpaired) electrons. The number of halogens is 1. The Bertz CT molecular complexity index is 1200. The second kappa shape index (κ2) is 8.57. The van der Waals surface area contributed by atoms with E-state index < -0.39 is 0 Å². The van der Waals surface area contributed by atoms with Crippen molar-refractivity contribution >= 4 is 56.3 Å². The van der Waals surface area contributed by atoms with Crippen molar-refractivity contribution in [3.63, 3.8) is 0 Å². The minimum Gasteiger partial charge on any atom is -0.326 e. The van der Waals surface area contributed by atoms with E-state index in [0.29, 0.717) is 21.8 Å². The largest absolute Gasteiger partial charge is 0.326 e. The van der Waals surface area contributed by atoms with E-state index >= 15 is 0 Å². The molecule has 0 aliphatic heterocycles. The van der Waals surface area contributed by atoms with Gasteiger partial charge in [0.05, 0.1) is 22.4 Å².